The molecule has 2 aromatic carbocycles. The van der Waals surface area contributed by atoms with Crippen LogP contribution in [-0.4, -0.2) is 11.9 Å². The summed E-state index contributed by atoms with van der Waals surface area (Å²) in [4.78, 5) is 22.6. The summed E-state index contributed by atoms with van der Waals surface area (Å²) in [5.74, 6) is 0.0193. The first-order chi connectivity index (χ1) is 11.0. The second-order valence-corrected chi connectivity index (χ2v) is 5.45. The summed E-state index contributed by atoms with van der Waals surface area (Å²) in [6.45, 7) is 2.50. The number of nitrogens with two attached hydrogens (primary N) is 1. The quantitative estimate of drug-likeness (QED) is 0.766. The molecule has 2 aromatic rings. The molecule has 0 aliphatic heterocycles. The Hall–Kier alpha value is -2.82. The van der Waals surface area contributed by atoms with Gasteiger partial charge in [0.05, 0.1) is 0 Å². The molecule has 120 valence electrons. The van der Waals surface area contributed by atoms with Crippen molar-refractivity contribution in [3.8, 4) is 0 Å². The van der Waals surface area contributed by atoms with Gasteiger partial charge < -0.3 is 16.4 Å². The van der Waals surface area contributed by atoms with Crippen molar-refractivity contribution in [3.05, 3.63) is 65.2 Å². The lowest BCUT2D eigenvalue weighted by atomic mass is 10.1. The van der Waals surface area contributed by atoms with E-state index in [1.54, 1.807) is 12.1 Å². The molecule has 23 heavy (non-hydrogen) atoms. The molecule has 0 bridgehead atoms. The van der Waals surface area contributed by atoms with Crippen LogP contribution in [0.3, 0.4) is 0 Å². The molecular weight excluding hydrogens is 290 g/mol. The number of hydrogen-bond acceptors (Lipinski definition) is 2. The van der Waals surface area contributed by atoms with Gasteiger partial charge in [-0.2, -0.15) is 0 Å². The first-order valence-electron chi connectivity index (χ1n) is 7.50. The van der Waals surface area contributed by atoms with Crippen molar-refractivity contribution in [1.29, 1.82) is 0 Å². The molecule has 0 unspecified atom stereocenters. The molecule has 5 nitrogen and oxygen atoms in total. The van der Waals surface area contributed by atoms with Gasteiger partial charge in [0.25, 0.3) is 0 Å². The lowest BCUT2D eigenvalue weighted by molar-refractivity contribution is -0.121. The normalized spacial score (nSPS) is 10.1. The molecule has 0 radical (unpaired) electrons. The predicted octanol–water partition coefficient (Wildman–Crippen LogP) is 2.73. The van der Waals surface area contributed by atoms with Crippen LogP contribution < -0.4 is 16.4 Å². The number of benzene rings is 2. The number of anilines is 1. The van der Waals surface area contributed by atoms with E-state index in [1.807, 2.05) is 37.3 Å². The number of aryl methyl sites for hydroxylation is 2. The van der Waals surface area contributed by atoms with E-state index in [2.05, 4.69) is 16.7 Å². The summed E-state index contributed by atoms with van der Waals surface area (Å²) < 4.78 is 0. The molecule has 0 fully saturated rings. The van der Waals surface area contributed by atoms with Gasteiger partial charge in [-0.3, -0.25) is 4.79 Å². The number of nitrogens with one attached hydrogen (secondary N) is 2. The molecule has 0 spiro atoms. The van der Waals surface area contributed by atoms with E-state index in [0.29, 0.717) is 18.7 Å². The van der Waals surface area contributed by atoms with Crippen LogP contribution in [0.5, 0.6) is 0 Å². The number of hydrogen-bond donors (Lipinski definition) is 3. The number of rotatable bonds is 6. The van der Waals surface area contributed by atoms with Crippen molar-refractivity contribution < 1.29 is 9.59 Å². The minimum atomic E-state index is -0.595. The molecule has 3 amide bonds. The van der Waals surface area contributed by atoms with Crippen LogP contribution in [0.25, 0.3) is 0 Å². The van der Waals surface area contributed by atoms with Crippen molar-refractivity contribution in [2.45, 2.75) is 26.3 Å². The van der Waals surface area contributed by atoms with Gasteiger partial charge in [-0.05, 0) is 36.6 Å². The molecule has 0 saturated heterocycles. The van der Waals surface area contributed by atoms with E-state index in [4.69, 9.17) is 5.73 Å². The maximum absolute atomic E-state index is 11.9. The number of carbonyl (C=O) groups is 2. The third-order valence-electron chi connectivity index (χ3n) is 3.43. The summed E-state index contributed by atoms with van der Waals surface area (Å²) >= 11 is 0. The minimum Gasteiger partial charge on any atom is -0.352 e. The Morgan fingerprint density at radius 3 is 2.43 bits per heavy atom. The SMILES string of the molecule is Cc1cccc(CCC(=O)NCc2ccc(NC(N)=O)cc2)c1. The van der Waals surface area contributed by atoms with Crippen LogP contribution in [-0.2, 0) is 17.8 Å². The molecule has 0 aliphatic carbocycles. The van der Waals surface area contributed by atoms with Gasteiger partial charge in [0.1, 0.15) is 0 Å². The Labute approximate surface area is 135 Å². The third-order valence-corrected chi connectivity index (χ3v) is 3.43. The Bertz CT molecular complexity index is 681. The van der Waals surface area contributed by atoms with Gasteiger partial charge >= 0.3 is 6.03 Å². The standard InChI is InChI=1S/C18H21N3O2/c1-13-3-2-4-14(11-13)7-10-17(22)20-12-15-5-8-16(9-6-15)21-18(19)23/h2-6,8-9,11H,7,10,12H2,1H3,(H,20,22)(H3,19,21,23). The molecule has 4 N–H and O–H groups in total. The summed E-state index contributed by atoms with van der Waals surface area (Å²) in [5.41, 5.74) is 9.01. The zero-order valence-electron chi connectivity index (χ0n) is 13.1. The maximum Gasteiger partial charge on any atom is 0.316 e. The van der Waals surface area contributed by atoms with Gasteiger partial charge in [0.15, 0.2) is 0 Å². The second kappa shape index (κ2) is 7.98. The maximum atomic E-state index is 11.9. The topological polar surface area (TPSA) is 84.2 Å². The van der Waals surface area contributed by atoms with E-state index in [1.165, 1.54) is 11.1 Å². The van der Waals surface area contributed by atoms with Crippen LogP contribution in [0.15, 0.2) is 48.5 Å². The van der Waals surface area contributed by atoms with E-state index >= 15 is 0 Å². The summed E-state index contributed by atoms with van der Waals surface area (Å²) in [6.07, 6.45) is 1.19. The van der Waals surface area contributed by atoms with Crippen molar-refractivity contribution >= 4 is 17.6 Å². The fourth-order valence-electron chi connectivity index (χ4n) is 2.26. The molecule has 0 heterocycles. The first-order valence-corrected chi connectivity index (χ1v) is 7.50. The summed E-state index contributed by atoms with van der Waals surface area (Å²) in [7, 11) is 0. The number of primary amides is 1. The zero-order valence-corrected chi connectivity index (χ0v) is 13.1. The number of carbonyl (C=O) groups excluding carboxylic acids is 2. The van der Waals surface area contributed by atoms with E-state index in [-0.39, 0.29) is 5.91 Å². The highest BCUT2D eigenvalue weighted by Gasteiger charge is 2.03. The predicted molar refractivity (Wildman–Crippen MR) is 91.0 cm³/mol. The Morgan fingerprint density at radius 2 is 1.78 bits per heavy atom. The highest BCUT2D eigenvalue weighted by Crippen LogP contribution is 2.09. The Kier molecular flexibility index (Phi) is 5.74. The van der Waals surface area contributed by atoms with Crippen LogP contribution in [0.1, 0.15) is 23.1 Å². The number of urea groups is 1. The van der Waals surface area contributed by atoms with Crippen molar-refractivity contribution in [1.82, 2.24) is 5.32 Å². The minimum absolute atomic E-state index is 0.0193. The van der Waals surface area contributed by atoms with Crippen molar-refractivity contribution in [3.63, 3.8) is 0 Å². The monoisotopic (exact) mass is 311 g/mol. The zero-order chi connectivity index (χ0) is 16.7. The Morgan fingerprint density at radius 1 is 1.04 bits per heavy atom. The average molecular weight is 311 g/mol. The highest BCUT2D eigenvalue weighted by atomic mass is 16.2. The van der Waals surface area contributed by atoms with Crippen LogP contribution >= 0.6 is 0 Å². The van der Waals surface area contributed by atoms with Crippen molar-refractivity contribution in [2.75, 3.05) is 5.32 Å². The molecule has 5 heteroatoms. The van der Waals surface area contributed by atoms with E-state index in [9.17, 15) is 9.59 Å². The van der Waals surface area contributed by atoms with Gasteiger partial charge in [0, 0.05) is 18.7 Å². The van der Waals surface area contributed by atoms with Gasteiger partial charge in [-0.1, -0.05) is 42.0 Å². The molecular formula is C18H21N3O2. The van der Waals surface area contributed by atoms with Gasteiger partial charge in [0.2, 0.25) is 5.91 Å². The molecule has 0 aromatic heterocycles. The smallest absolute Gasteiger partial charge is 0.316 e. The molecule has 0 atom stereocenters. The highest BCUT2D eigenvalue weighted by molar-refractivity contribution is 5.87. The Balaban J connectivity index is 1.76. The summed E-state index contributed by atoms with van der Waals surface area (Å²) in [6, 6.07) is 14.8. The second-order valence-electron chi connectivity index (χ2n) is 5.45. The van der Waals surface area contributed by atoms with Gasteiger partial charge in [-0.15, -0.1) is 0 Å². The average Bonchev–Trinajstić information content (AvgIpc) is 2.52. The largest absolute Gasteiger partial charge is 0.352 e. The fourth-order valence-corrected chi connectivity index (χ4v) is 2.26. The molecule has 0 aliphatic rings. The lowest BCUT2D eigenvalue weighted by Crippen LogP contribution is -2.23. The van der Waals surface area contributed by atoms with Crippen LogP contribution in [0, 0.1) is 6.92 Å². The van der Waals surface area contributed by atoms with E-state index in [0.717, 1.165) is 12.0 Å². The van der Waals surface area contributed by atoms with Crippen molar-refractivity contribution in [2.24, 2.45) is 5.73 Å². The summed E-state index contributed by atoms with van der Waals surface area (Å²) in [5, 5.41) is 5.38. The number of amides is 3. The fraction of sp³-hybridized carbons (Fsp3) is 0.222. The van der Waals surface area contributed by atoms with E-state index < -0.39 is 6.03 Å². The molecule has 0 saturated carbocycles. The van der Waals surface area contributed by atoms with Crippen LogP contribution in [0.4, 0.5) is 10.5 Å². The third kappa shape index (κ3) is 5.82. The molecule has 2 rings (SSSR count). The first kappa shape index (κ1) is 16.5. The van der Waals surface area contributed by atoms with Crippen LogP contribution in [0.2, 0.25) is 0 Å². The lowest BCUT2D eigenvalue weighted by Gasteiger charge is -2.07. The van der Waals surface area contributed by atoms with Gasteiger partial charge in [-0.25, -0.2) is 4.79 Å².